The van der Waals surface area contributed by atoms with E-state index in [4.69, 9.17) is 33.0 Å². The molecule has 0 aromatic heterocycles. The molecule has 0 fully saturated rings. The molecule has 1 amide bonds. The molecule has 0 radical (unpaired) electrons. The summed E-state index contributed by atoms with van der Waals surface area (Å²) in [6.45, 7) is -4.01. The number of hydrogen-bond acceptors (Lipinski definition) is 3. The van der Waals surface area contributed by atoms with Crippen LogP contribution >= 0.6 is 29.9 Å². The molecule has 0 unspecified atom stereocenters. The van der Waals surface area contributed by atoms with E-state index >= 15 is 0 Å². The van der Waals surface area contributed by atoms with Crippen molar-refractivity contribution in [3.63, 3.8) is 0 Å². The van der Waals surface area contributed by atoms with Gasteiger partial charge in [-0.1, -0.05) is 23.2 Å². The van der Waals surface area contributed by atoms with Crippen molar-refractivity contribution in [1.29, 1.82) is 0 Å². The van der Waals surface area contributed by atoms with E-state index in [-0.39, 0.29) is 0 Å². The topological polar surface area (TPSA) is 70.0 Å². The number of nitrogens with zero attached hydrogens (tertiary/aromatic N) is 1. The number of amides is 1. The maximum Gasteiger partial charge on any atom is 0.375 e. The van der Waals surface area contributed by atoms with Gasteiger partial charge < -0.3 is 19.2 Å². The Labute approximate surface area is 96.1 Å². The molecule has 0 aliphatic rings. The van der Waals surface area contributed by atoms with E-state index in [0.29, 0.717) is 0 Å². The fourth-order valence-electron chi connectivity index (χ4n) is 0.476. The zero-order valence-corrected chi connectivity index (χ0v) is 10.5. The summed E-state index contributed by atoms with van der Waals surface area (Å²) in [5.74, 6) is -1.28. The van der Waals surface area contributed by atoms with Crippen LogP contribution in [0.5, 0.6) is 0 Å². The average Bonchev–Trinajstić information content (AvgIpc) is 1.96. The first-order valence-electron chi connectivity index (χ1n) is 3.17. The molecule has 0 heterocycles. The van der Waals surface area contributed by atoms with Crippen molar-refractivity contribution >= 4 is 47.6 Å². The van der Waals surface area contributed by atoms with Crippen molar-refractivity contribution in [2.45, 2.75) is 0 Å². The van der Waals surface area contributed by atoms with Gasteiger partial charge in [-0.3, -0.25) is 4.79 Å². The molecule has 0 rings (SSSR count). The molecular formula is C5H8Cl2NO4PS. The smallest absolute Gasteiger partial charge is 0.375 e. The largest absolute Gasteiger partial charge is 0.416 e. The molecule has 0 aliphatic heterocycles. The van der Waals surface area contributed by atoms with Crippen molar-refractivity contribution < 1.29 is 19.1 Å². The summed E-state index contributed by atoms with van der Waals surface area (Å²) in [6, 6.07) is 0. The molecule has 9 heteroatoms. The van der Waals surface area contributed by atoms with Crippen LogP contribution in [0.25, 0.3) is 0 Å². The second-order valence-electron chi connectivity index (χ2n) is 2.37. The Balaban J connectivity index is 4.93. The first-order valence-corrected chi connectivity index (χ1v) is 6.55. The Morgan fingerprint density at radius 3 is 2.07 bits per heavy atom. The molecule has 5 nitrogen and oxygen atoms in total. The Morgan fingerprint density at radius 1 is 1.43 bits per heavy atom. The Bertz CT molecular complexity index is 309. The summed E-state index contributed by atoms with van der Waals surface area (Å²) in [5.41, 5.74) is 0. The van der Waals surface area contributed by atoms with Crippen LogP contribution in [0.3, 0.4) is 0 Å². The predicted octanol–water partition coefficient (Wildman–Crippen LogP) is 0.947. The van der Waals surface area contributed by atoms with E-state index in [1.54, 1.807) is 0 Å². The third-order valence-corrected chi connectivity index (χ3v) is 1.97. The van der Waals surface area contributed by atoms with Gasteiger partial charge in [-0.05, 0) is 0 Å². The highest BCUT2D eigenvalue weighted by Crippen LogP contribution is 2.41. The van der Waals surface area contributed by atoms with E-state index in [9.17, 15) is 4.79 Å². The molecular weight excluding hydrogens is 272 g/mol. The molecule has 0 aromatic carbocycles. The lowest BCUT2D eigenvalue weighted by atomic mass is 10.5. The highest BCUT2D eigenvalue weighted by Gasteiger charge is 2.23. The van der Waals surface area contributed by atoms with Gasteiger partial charge >= 0.3 is 6.72 Å². The standard InChI is InChI=1S/C5H8Cl2NO4PS/c1-8(2)5(9)3(4(6)7)12-13(10,11)14/h1-2H3,(H2,10,11,14). The van der Waals surface area contributed by atoms with Gasteiger partial charge in [0.15, 0.2) is 4.49 Å². The fraction of sp³-hybridized carbons (Fsp3) is 0.400. The molecule has 0 aromatic rings. The molecule has 0 aliphatic carbocycles. The monoisotopic (exact) mass is 279 g/mol. The molecule has 14 heavy (non-hydrogen) atoms. The van der Waals surface area contributed by atoms with Crippen LogP contribution < -0.4 is 0 Å². The highest BCUT2D eigenvalue weighted by molar-refractivity contribution is 8.06. The number of halogens is 2. The van der Waals surface area contributed by atoms with Gasteiger partial charge in [0, 0.05) is 25.9 Å². The van der Waals surface area contributed by atoms with Crippen LogP contribution in [-0.4, -0.2) is 34.7 Å². The lowest BCUT2D eigenvalue weighted by molar-refractivity contribution is -0.127. The first-order chi connectivity index (χ1) is 6.15. The number of carbonyl (C=O) groups excluding carboxylic acids is 1. The molecule has 2 N–H and O–H groups in total. The highest BCUT2D eigenvalue weighted by atomic mass is 35.5. The van der Waals surface area contributed by atoms with Crippen LogP contribution in [0.15, 0.2) is 10.3 Å². The summed E-state index contributed by atoms with van der Waals surface area (Å²) in [6.07, 6.45) is 0. The van der Waals surface area contributed by atoms with Crippen molar-refractivity contribution in [3.8, 4) is 0 Å². The van der Waals surface area contributed by atoms with Gasteiger partial charge in [-0.15, -0.1) is 0 Å². The average molecular weight is 280 g/mol. The van der Waals surface area contributed by atoms with E-state index in [1.807, 2.05) is 0 Å². The van der Waals surface area contributed by atoms with Crippen LogP contribution in [0, 0.1) is 0 Å². The number of hydrogen-bond donors (Lipinski definition) is 2. The molecule has 0 bridgehead atoms. The van der Waals surface area contributed by atoms with Crippen LogP contribution in [-0.2, 0) is 21.1 Å². The minimum atomic E-state index is -4.01. The second-order valence-corrected chi connectivity index (χ2v) is 5.91. The Morgan fingerprint density at radius 2 is 1.86 bits per heavy atom. The van der Waals surface area contributed by atoms with E-state index in [0.717, 1.165) is 4.90 Å². The van der Waals surface area contributed by atoms with E-state index < -0.39 is 22.9 Å². The molecule has 0 spiro atoms. The van der Waals surface area contributed by atoms with E-state index in [2.05, 4.69) is 16.3 Å². The number of likely N-dealkylation sites (N-methyl/N-ethyl adjacent to an activating group) is 1. The van der Waals surface area contributed by atoms with Crippen molar-refractivity contribution in [2.24, 2.45) is 0 Å². The van der Waals surface area contributed by atoms with Crippen molar-refractivity contribution in [2.75, 3.05) is 14.1 Å². The second kappa shape index (κ2) is 5.30. The maximum atomic E-state index is 11.3. The minimum Gasteiger partial charge on any atom is -0.416 e. The summed E-state index contributed by atoms with van der Waals surface area (Å²) in [4.78, 5) is 30.0. The summed E-state index contributed by atoms with van der Waals surface area (Å²) < 4.78 is 3.87. The summed E-state index contributed by atoms with van der Waals surface area (Å²) >= 11 is 14.8. The van der Waals surface area contributed by atoms with Crippen molar-refractivity contribution in [3.05, 3.63) is 10.3 Å². The number of rotatable bonds is 3. The van der Waals surface area contributed by atoms with Crippen LogP contribution in [0.1, 0.15) is 0 Å². The maximum absolute atomic E-state index is 11.3. The quantitative estimate of drug-likeness (QED) is 0.457. The first kappa shape index (κ1) is 14.2. The lowest BCUT2D eigenvalue weighted by Gasteiger charge is -2.16. The minimum absolute atomic E-state index is 0.513. The molecule has 0 saturated heterocycles. The van der Waals surface area contributed by atoms with E-state index in [1.165, 1.54) is 14.1 Å². The SMILES string of the molecule is CN(C)C(=O)C(OP(O)(O)=S)=C(Cl)Cl. The van der Waals surface area contributed by atoms with Crippen LogP contribution in [0.4, 0.5) is 0 Å². The summed E-state index contributed by atoms with van der Waals surface area (Å²) in [5, 5.41) is 0. The van der Waals surface area contributed by atoms with Gasteiger partial charge in [0.2, 0.25) is 5.76 Å². The Hall–Kier alpha value is 0.160. The zero-order valence-electron chi connectivity index (χ0n) is 7.27. The van der Waals surface area contributed by atoms with Gasteiger partial charge in [-0.2, -0.15) is 0 Å². The van der Waals surface area contributed by atoms with Crippen LogP contribution in [0.2, 0.25) is 0 Å². The van der Waals surface area contributed by atoms with Crippen molar-refractivity contribution in [1.82, 2.24) is 4.90 Å². The molecule has 0 saturated carbocycles. The predicted molar refractivity (Wildman–Crippen MR) is 57.2 cm³/mol. The normalized spacial score (nSPS) is 10.7. The molecule has 82 valence electrons. The molecule has 0 atom stereocenters. The fourth-order valence-corrected chi connectivity index (χ4v) is 1.45. The van der Waals surface area contributed by atoms with Gasteiger partial charge in [0.1, 0.15) is 0 Å². The zero-order chi connectivity index (χ0) is 11.5. The lowest BCUT2D eigenvalue weighted by Crippen LogP contribution is -2.24. The number of carbonyl (C=O) groups is 1. The summed E-state index contributed by atoms with van der Waals surface area (Å²) in [7, 11) is 2.83. The van der Waals surface area contributed by atoms with Gasteiger partial charge in [0.25, 0.3) is 5.91 Å². The third-order valence-electron chi connectivity index (χ3n) is 0.982. The Kier molecular flexibility index (Phi) is 5.36. The van der Waals surface area contributed by atoms with Gasteiger partial charge in [0.05, 0.1) is 0 Å². The van der Waals surface area contributed by atoms with Gasteiger partial charge in [-0.25, -0.2) is 0 Å². The third kappa shape index (κ3) is 5.14.